The average molecular weight is 264 g/mol. The molecule has 0 radical (unpaired) electrons. The number of rotatable bonds is 2. The molecule has 0 saturated heterocycles. The number of hydrogen-bond donors (Lipinski definition) is 2. The fourth-order valence-electron chi connectivity index (χ4n) is 2.26. The SMILES string of the molecule is CC(C)(C)C1Cc2cc([N+](=O)[O-])cc(C(=O)O)c2N1. The normalized spacial score (nSPS) is 17.7. The molecule has 19 heavy (non-hydrogen) atoms. The molecular weight excluding hydrogens is 248 g/mol. The van der Waals surface area contributed by atoms with Crippen LogP contribution >= 0.6 is 0 Å². The number of nitrogens with one attached hydrogen (secondary N) is 1. The van der Waals surface area contributed by atoms with Gasteiger partial charge in [-0.3, -0.25) is 10.1 Å². The zero-order valence-electron chi connectivity index (χ0n) is 11.1. The van der Waals surface area contributed by atoms with Gasteiger partial charge in [0.15, 0.2) is 0 Å². The second-order valence-electron chi connectivity index (χ2n) is 5.86. The van der Waals surface area contributed by atoms with E-state index in [1.165, 1.54) is 6.07 Å². The zero-order chi connectivity index (χ0) is 14.4. The summed E-state index contributed by atoms with van der Waals surface area (Å²) in [6.45, 7) is 6.14. The van der Waals surface area contributed by atoms with E-state index in [9.17, 15) is 20.0 Å². The molecule has 2 N–H and O–H groups in total. The molecule has 1 heterocycles. The van der Waals surface area contributed by atoms with E-state index in [0.717, 1.165) is 6.07 Å². The first-order valence-electron chi connectivity index (χ1n) is 6.01. The highest BCUT2D eigenvalue weighted by atomic mass is 16.6. The summed E-state index contributed by atoms with van der Waals surface area (Å²) in [5.41, 5.74) is 0.955. The Morgan fingerprint density at radius 2 is 2.11 bits per heavy atom. The van der Waals surface area contributed by atoms with E-state index in [-0.39, 0.29) is 22.7 Å². The van der Waals surface area contributed by atoms with Crippen LogP contribution in [-0.4, -0.2) is 22.0 Å². The van der Waals surface area contributed by atoms with Crippen LogP contribution in [0.15, 0.2) is 12.1 Å². The Morgan fingerprint density at radius 1 is 1.47 bits per heavy atom. The summed E-state index contributed by atoms with van der Waals surface area (Å²) in [5, 5.41) is 23.2. The van der Waals surface area contributed by atoms with Gasteiger partial charge >= 0.3 is 5.97 Å². The molecule has 1 aromatic rings. The number of aromatic carboxylic acids is 1. The molecule has 0 bridgehead atoms. The molecule has 1 atom stereocenters. The Balaban J connectivity index is 2.51. The molecule has 6 nitrogen and oxygen atoms in total. The maximum Gasteiger partial charge on any atom is 0.338 e. The van der Waals surface area contributed by atoms with Crippen molar-refractivity contribution in [2.24, 2.45) is 5.41 Å². The van der Waals surface area contributed by atoms with Crippen LogP contribution < -0.4 is 5.32 Å². The van der Waals surface area contributed by atoms with Crippen molar-refractivity contribution in [3.8, 4) is 0 Å². The number of fused-ring (bicyclic) bond motifs is 1. The summed E-state index contributed by atoms with van der Waals surface area (Å²) in [7, 11) is 0. The van der Waals surface area contributed by atoms with Gasteiger partial charge in [-0.25, -0.2) is 4.79 Å². The third-order valence-electron chi connectivity index (χ3n) is 3.43. The molecule has 0 aromatic heterocycles. The highest BCUT2D eigenvalue weighted by Gasteiger charge is 2.34. The van der Waals surface area contributed by atoms with Crippen LogP contribution in [0, 0.1) is 15.5 Å². The first kappa shape index (κ1) is 13.3. The van der Waals surface area contributed by atoms with Gasteiger partial charge in [-0.05, 0) is 17.4 Å². The minimum Gasteiger partial charge on any atom is -0.478 e. The van der Waals surface area contributed by atoms with Gasteiger partial charge in [-0.2, -0.15) is 0 Å². The number of nitrogens with zero attached hydrogens (tertiary/aromatic N) is 1. The van der Waals surface area contributed by atoms with Crippen LogP contribution in [0.25, 0.3) is 0 Å². The van der Waals surface area contributed by atoms with E-state index in [0.29, 0.717) is 17.7 Å². The summed E-state index contributed by atoms with van der Waals surface area (Å²) < 4.78 is 0. The lowest BCUT2D eigenvalue weighted by molar-refractivity contribution is -0.384. The van der Waals surface area contributed by atoms with Gasteiger partial charge in [0.05, 0.1) is 16.2 Å². The number of carbonyl (C=O) groups is 1. The Kier molecular flexibility index (Phi) is 2.96. The fourth-order valence-corrected chi connectivity index (χ4v) is 2.26. The van der Waals surface area contributed by atoms with E-state index in [2.05, 4.69) is 5.32 Å². The number of nitro groups is 1. The smallest absolute Gasteiger partial charge is 0.338 e. The van der Waals surface area contributed by atoms with Crippen LogP contribution in [0.3, 0.4) is 0 Å². The predicted molar refractivity (Wildman–Crippen MR) is 70.6 cm³/mol. The van der Waals surface area contributed by atoms with Crippen LogP contribution in [0.1, 0.15) is 36.7 Å². The van der Waals surface area contributed by atoms with E-state index in [4.69, 9.17) is 0 Å². The molecule has 1 unspecified atom stereocenters. The van der Waals surface area contributed by atoms with Gasteiger partial charge in [0.2, 0.25) is 0 Å². The lowest BCUT2D eigenvalue weighted by atomic mass is 9.85. The van der Waals surface area contributed by atoms with Crippen molar-refractivity contribution >= 4 is 17.3 Å². The first-order valence-corrected chi connectivity index (χ1v) is 6.01. The van der Waals surface area contributed by atoms with Crippen molar-refractivity contribution in [1.82, 2.24) is 0 Å². The monoisotopic (exact) mass is 264 g/mol. The van der Waals surface area contributed by atoms with Gasteiger partial charge in [0.25, 0.3) is 5.69 Å². The number of carboxylic acids is 1. The van der Waals surface area contributed by atoms with E-state index >= 15 is 0 Å². The molecule has 0 amide bonds. The summed E-state index contributed by atoms with van der Waals surface area (Å²) in [6, 6.07) is 2.64. The van der Waals surface area contributed by atoms with Crippen molar-refractivity contribution < 1.29 is 14.8 Å². The van der Waals surface area contributed by atoms with Crippen LogP contribution in [0.5, 0.6) is 0 Å². The molecule has 0 saturated carbocycles. The van der Waals surface area contributed by atoms with Gasteiger partial charge in [-0.15, -0.1) is 0 Å². The second kappa shape index (κ2) is 4.22. The van der Waals surface area contributed by atoms with Crippen molar-refractivity contribution in [3.63, 3.8) is 0 Å². The van der Waals surface area contributed by atoms with Crippen LogP contribution in [0.4, 0.5) is 11.4 Å². The Hall–Kier alpha value is -2.11. The number of anilines is 1. The number of nitro benzene ring substituents is 1. The number of hydrogen-bond acceptors (Lipinski definition) is 4. The second-order valence-corrected chi connectivity index (χ2v) is 5.86. The quantitative estimate of drug-likeness (QED) is 0.632. The number of benzene rings is 1. The third-order valence-corrected chi connectivity index (χ3v) is 3.43. The van der Waals surface area contributed by atoms with Crippen LogP contribution in [0.2, 0.25) is 0 Å². The summed E-state index contributed by atoms with van der Waals surface area (Å²) in [5.74, 6) is -1.15. The minimum absolute atomic E-state index is 0.0315. The Morgan fingerprint density at radius 3 is 2.58 bits per heavy atom. The van der Waals surface area contributed by atoms with Crippen molar-refractivity contribution in [1.29, 1.82) is 0 Å². The standard InChI is InChI=1S/C13H16N2O4/c1-13(2,3)10-5-7-4-8(15(18)19)6-9(12(16)17)11(7)14-10/h4,6,10,14H,5H2,1-3H3,(H,16,17). The number of non-ortho nitro benzene ring substituents is 1. The maximum absolute atomic E-state index is 11.2. The topological polar surface area (TPSA) is 92.5 Å². The molecule has 6 heteroatoms. The van der Waals surface area contributed by atoms with Gasteiger partial charge in [-0.1, -0.05) is 20.8 Å². The zero-order valence-corrected chi connectivity index (χ0v) is 11.1. The van der Waals surface area contributed by atoms with E-state index < -0.39 is 10.9 Å². The van der Waals surface area contributed by atoms with E-state index in [1.54, 1.807) is 0 Å². The molecule has 102 valence electrons. The van der Waals surface area contributed by atoms with Crippen LogP contribution in [-0.2, 0) is 6.42 Å². The lowest BCUT2D eigenvalue weighted by Gasteiger charge is -2.27. The largest absolute Gasteiger partial charge is 0.478 e. The summed E-state index contributed by atoms with van der Waals surface area (Å²) in [4.78, 5) is 21.5. The van der Waals surface area contributed by atoms with Gasteiger partial charge in [0, 0.05) is 18.2 Å². The Bertz CT molecular complexity index is 560. The van der Waals surface area contributed by atoms with Gasteiger partial charge in [0.1, 0.15) is 0 Å². The first-order chi connectivity index (χ1) is 8.70. The molecule has 1 aromatic carbocycles. The van der Waals surface area contributed by atoms with E-state index in [1.807, 2.05) is 20.8 Å². The summed E-state index contributed by atoms with van der Waals surface area (Å²) >= 11 is 0. The molecule has 0 aliphatic carbocycles. The molecule has 1 aliphatic rings. The summed E-state index contributed by atoms with van der Waals surface area (Å²) in [6.07, 6.45) is 0.598. The fraction of sp³-hybridized carbons (Fsp3) is 0.462. The highest BCUT2D eigenvalue weighted by Crippen LogP contribution is 2.38. The minimum atomic E-state index is -1.15. The third kappa shape index (κ3) is 2.38. The van der Waals surface area contributed by atoms with Crippen molar-refractivity contribution in [2.75, 3.05) is 5.32 Å². The number of carboxylic acid groups (broad SMARTS) is 1. The lowest BCUT2D eigenvalue weighted by Crippen LogP contribution is -2.31. The maximum atomic E-state index is 11.2. The van der Waals surface area contributed by atoms with Crippen molar-refractivity contribution in [3.05, 3.63) is 33.4 Å². The average Bonchev–Trinajstić information content (AvgIpc) is 2.70. The molecule has 2 rings (SSSR count). The molecule has 0 fully saturated rings. The molecule has 0 spiro atoms. The highest BCUT2D eigenvalue weighted by molar-refractivity contribution is 5.96. The molecule has 1 aliphatic heterocycles. The Labute approximate surface area is 110 Å². The predicted octanol–water partition coefficient (Wildman–Crippen LogP) is 2.68. The van der Waals surface area contributed by atoms with Crippen molar-refractivity contribution in [2.45, 2.75) is 33.2 Å². The molecular formula is C13H16N2O4. The van der Waals surface area contributed by atoms with Gasteiger partial charge < -0.3 is 10.4 Å².